The maximum Gasteiger partial charge on any atom is 0.330 e. The Kier molecular flexibility index (Phi) is 18.9. The van der Waals surface area contributed by atoms with Crippen molar-refractivity contribution in [3.63, 3.8) is 0 Å². The second kappa shape index (κ2) is 24.6. The molecule has 15 unspecified atom stereocenters. The minimum absolute atomic E-state index is 0.0948. The van der Waals surface area contributed by atoms with Crippen molar-refractivity contribution < 1.29 is 57.4 Å². The molecule has 7 rings (SSSR count). The standard InChI is InChI=1S/C54H73BrN2O12/c1-32(16-17-40(62-6)12-10-18-55)21-46(59)37-23-44(63-7)28-54(61,27-37)29-50-56-38(30-64-50)22-34(3)52-36(5)53-35(4)47(68-52)13-9-14-49-57-45(31-65-49)48-25-39(58)24-43(67-48)26-42-20-33(2)19-41(66-42)11-8-15-51(60)69-53/h8-10,14-18,21-22,30-31,35-37,39-44,46-48,52-53,58-59,61H,2,11-13,19-20,23-29H2,1,3-7H3. The number of halogens is 1. The third-order valence-electron chi connectivity index (χ3n) is 14.4. The van der Waals surface area contributed by atoms with Crippen LogP contribution in [0.5, 0.6) is 0 Å². The molecule has 8 bridgehead atoms. The molecule has 15 heteroatoms. The highest BCUT2D eigenvalue weighted by Crippen LogP contribution is 2.41. The van der Waals surface area contributed by atoms with E-state index in [2.05, 4.69) is 22.5 Å². The number of fused-ring (bicyclic) bond motifs is 9. The van der Waals surface area contributed by atoms with E-state index in [0.717, 1.165) is 16.7 Å². The molecule has 2 aromatic rings. The van der Waals surface area contributed by atoms with Gasteiger partial charge in [0.05, 0.1) is 67.0 Å². The van der Waals surface area contributed by atoms with Crippen molar-refractivity contribution in [3.8, 4) is 0 Å². The van der Waals surface area contributed by atoms with Gasteiger partial charge in [0.2, 0.25) is 5.89 Å². The Morgan fingerprint density at radius 1 is 0.971 bits per heavy atom. The van der Waals surface area contributed by atoms with Crippen molar-refractivity contribution in [2.24, 2.45) is 17.8 Å². The van der Waals surface area contributed by atoms with Crippen molar-refractivity contribution in [2.45, 2.75) is 177 Å². The maximum atomic E-state index is 13.6. The summed E-state index contributed by atoms with van der Waals surface area (Å²) in [5.41, 5.74) is 2.81. The van der Waals surface area contributed by atoms with Crippen molar-refractivity contribution >= 4 is 34.1 Å². The van der Waals surface area contributed by atoms with Crippen LogP contribution in [0.1, 0.15) is 128 Å². The number of carbonyl (C=O) groups is 1. The van der Waals surface area contributed by atoms with Gasteiger partial charge in [-0.15, -0.1) is 0 Å². The molecular weight excluding hydrogens is 948 g/mol. The van der Waals surface area contributed by atoms with Gasteiger partial charge in [-0.25, -0.2) is 14.8 Å². The Balaban J connectivity index is 1.06. The number of hydrogen-bond acceptors (Lipinski definition) is 14. The molecule has 1 saturated carbocycles. The van der Waals surface area contributed by atoms with Crippen LogP contribution in [0.2, 0.25) is 0 Å². The predicted molar refractivity (Wildman–Crippen MR) is 265 cm³/mol. The van der Waals surface area contributed by atoms with E-state index in [-0.39, 0.29) is 60.8 Å². The van der Waals surface area contributed by atoms with E-state index in [1.54, 1.807) is 31.7 Å². The molecule has 1 aliphatic carbocycles. The average molecular weight is 1020 g/mol. The summed E-state index contributed by atoms with van der Waals surface area (Å²) >= 11 is 3.30. The molecule has 0 aromatic carbocycles. The van der Waals surface area contributed by atoms with Gasteiger partial charge in [-0.3, -0.25) is 0 Å². The number of rotatable bonds is 12. The number of carbonyl (C=O) groups excluding carboxylic acids is 1. The van der Waals surface area contributed by atoms with E-state index in [4.69, 9.17) is 47.2 Å². The Morgan fingerprint density at radius 2 is 1.77 bits per heavy atom. The summed E-state index contributed by atoms with van der Waals surface area (Å²) < 4.78 is 49.3. The summed E-state index contributed by atoms with van der Waals surface area (Å²) in [6.45, 7) is 12.3. The van der Waals surface area contributed by atoms with Gasteiger partial charge < -0.3 is 52.6 Å². The molecule has 14 nitrogen and oxygen atoms in total. The lowest BCUT2D eigenvalue weighted by Crippen LogP contribution is -2.50. The molecule has 69 heavy (non-hydrogen) atoms. The first-order valence-corrected chi connectivity index (χ1v) is 25.5. The lowest BCUT2D eigenvalue weighted by molar-refractivity contribution is -0.179. The van der Waals surface area contributed by atoms with Gasteiger partial charge >= 0.3 is 5.97 Å². The van der Waals surface area contributed by atoms with Crippen LogP contribution in [0.25, 0.3) is 12.2 Å². The molecule has 3 N–H and O–H groups in total. The van der Waals surface area contributed by atoms with Gasteiger partial charge in [0.15, 0.2) is 5.89 Å². The number of esters is 1. The largest absolute Gasteiger partial charge is 0.458 e. The molecule has 3 saturated heterocycles. The molecule has 6 heterocycles. The number of aliphatic hydroxyl groups is 3. The van der Waals surface area contributed by atoms with E-state index in [0.29, 0.717) is 93.8 Å². The van der Waals surface area contributed by atoms with Crippen molar-refractivity contribution in [3.05, 3.63) is 107 Å². The molecular formula is C54H73BrN2O12. The molecule has 2 aromatic heterocycles. The second-order valence-corrected chi connectivity index (χ2v) is 20.6. The van der Waals surface area contributed by atoms with Gasteiger partial charge in [-0.1, -0.05) is 84.0 Å². The molecule has 5 aliphatic rings. The number of aliphatic hydroxyl groups excluding tert-OH is 2. The number of hydrogen-bond donors (Lipinski definition) is 3. The number of ether oxygens (including phenoxy) is 6. The Labute approximate surface area is 415 Å². The zero-order valence-electron chi connectivity index (χ0n) is 41.0. The van der Waals surface area contributed by atoms with Gasteiger partial charge in [0, 0.05) is 51.4 Å². The fourth-order valence-electron chi connectivity index (χ4n) is 10.9. The summed E-state index contributed by atoms with van der Waals surface area (Å²) in [6.07, 6.45) is 22.2. The first-order valence-electron chi connectivity index (χ1n) is 24.6. The fourth-order valence-corrected chi connectivity index (χ4v) is 11.2. The molecule has 15 atom stereocenters. The SMILES string of the molecule is C=C1CC2CC=CC(=O)OC3C(C)C(CC=Cc4nc(co4)C4CC(O)CC(CC(C1)O2)O4)OC(C(C)=Cc1coc(CC2(O)CC(OC)CC(C(O)C=C(C)C=CC(CC=CBr)OC)C2)n1)C3C. The summed E-state index contributed by atoms with van der Waals surface area (Å²) in [4.78, 5) is 24.9. The lowest BCUT2D eigenvalue weighted by Gasteiger charge is -2.44. The summed E-state index contributed by atoms with van der Waals surface area (Å²) in [5, 5.41) is 34.3. The minimum Gasteiger partial charge on any atom is -0.458 e. The van der Waals surface area contributed by atoms with Gasteiger partial charge in [0.25, 0.3) is 0 Å². The Bertz CT molecular complexity index is 2210. The van der Waals surface area contributed by atoms with E-state index in [9.17, 15) is 20.1 Å². The van der Waals surface area contributed by atoms with Crippen molar-refractivity contribution in [1.29, 1.82) is 0 Å². The zero-order valence-corrected chi connectivity index (χ0v) is 42.6. The van der Waals surface area contributed by atoms with Crippen LogP contribution in [0, 0.1) is 17.8 Å². The summed E-state index contributed by atoms with van der Waals surface area (Å²) in [5.74, 6) is -0.295. The summed E-state index contributed by atoms with van der Waals surface area (Å²) in [7, 11) is 3.30. The van der Waals surface area contributed by atoms with Crippen LogP contribution < -0.4 is 0 Å². The third-order valence-corrected chi connectivity index (χ3v) is 14.8. The van der Waals surface area contributed by atoms with E-state index < -0.39 is 42.1 Å². The first kappa shape index (κ1) is 53.0. The van der Waals surface area contributed by atoms with Crippen LogP contribution in [0.4, 0.5) is 0 Å². The molecule has 378 valence electrons. The second-order valence-electron chi connectivity index (χ2n) is 20.1. The highest BCUT2D eigenvalue weighted by Gasteiger charge is 2.45. The quantitative estimate of drug-likeness (QED) is 0.104. The van der Waals surface area contributed by atoms with Crippen LogP contribution in [0.3, 0.4) is 0 Å². The predicted octanol–water partition coefficient (Wildman–Crippen LogP) is 9.42. The van der Waals surface area contributed by atoms with Crippen molar-refractivity contribution in [1.82, 2.24) is 9.97 Å². The summed E-state index contributed by atoms with van der Waals surface area (Å²) in [6, 6.07) is 0. The molecule has 4 fully saturated rings. The highest BCUT2D eigenvalue weighted by atomic mass is 79.9. The molecule has 0 spiro atoms. The normalized spacial score (nSPS) is 35.2. The monoisotopic (exact) mass is 1020 g/mol. The Hall–Kier alpha value is -3.77. The molecule has 4 aliphatic heterocycles. The van der Waals surface area contributed by atoms with E-state index in [1.807, 2.05) is 76.3 Å². The van der Waals surface area contributed by atoms with Crippen molar-refractivity contribution in [2.75, 3.05) is 14.2 Å². The topological polar surface area (TPSA) is 185 Å². The van der Waals surface area contributed by atoms with Gasteiger partial charge in [-0.2, -0.15) is 0 Å². The average Bonchev–Trinajstić information content (AvgIpc) is 3.96. The lowest BCUT2D eigenvalue weighted by atomic mass is 9.72. The number of oxazole rings is 2. The minimum atomic E-state index is -1.23. The van der Waals surface area contributed by atoms with Crippen LogP contribution in [-0.2, 0) is 39.6 Å². The zero-order chi connectivity index (χ0) is 49.2. The van der Waals surface area contributed by atoms with Crippen LogP contribution in [-0.4, -0.2) is 112 Å². The van der Waals surface area contributed by atoms with Gasteiger partial charge in [-0.05, 0) is 93.8 Å². The third kappa shape index (κ3) is 14.7. The number of nitrogens with zero attached hydrogens (tertiary/aromatic N) is 2. The molecule has 0 radical (unpaired) electrons. The van der Waals surface area contributed by atoms with E-state index >= 15 is 0 Å². The molecule has 0 amide bonds. The fraction of sp³-hybridized carbons (Fsp3) is 0.611. The maximum absolute atomic E-state index is 13.6. The number of methoxy groups -OCH3 is 2. The van der Waals surface area contributed by atoms with Crippen LogP contribution in [0.15, 0.2) is 92.2 Å². The van der Waals surface area contributed by atoms with E-state index in [1.165, 1.54) is 6.08 Å². The smallest absolute Gasteiger partial charge is 0.330 e. The highest BCUT2D eigenvalue weighted by molar-refractivity contribution is 9.11. The number of aromatic nitrogens is 2. The van der Waals surface area contributed by atoms with Crippen LogP contribution >= 0.6 is 15.9 Å². The number of allylic oxidation sites excluding steroid dienone is 2. The van der Waals surface area contributed by atoms with Gasteiger partial charge in [0.1, 0.15) is 36.1 Å². The Morgan fingerprint density at radius 3 is 2.55 bits per heavy atom. The first-order chi connectivity index (χ1) is 33.1.